The van der Waals surface area contributed by atoms with Gasteiger partial charge in [0, 0.05) is 45.5 Å². The van der Waals surface area contributed by atoms with Crippen LogP contribution in [0, 0.1) is 6.92 Å². The van der Waals surface area contributed by atoms with Crippen LogP contribution >= 0.6 is 11.8 Å². The molecule has 1 saturated carbocycles. The second-order valence-corrected chi connectivity index (χ2v) is 9.33. The van der Waals surface area contributed by atoms with E-state index in [1.165, 1.54) is 24.6 Å². The highest BCUT2D eigenvalue weighted by Crippen LogP contribution is 2.38. The van der Waals surface area contributed by atoms with Crippen LogP contribution in [0.15, 0.2) is 29.4 Å². The largest absolute Gasteiger partial charge is 0.378 e. The summed E-state index contributed by atoms with van der Waals surface area (Å²) < 4.78 is 8.00. The van der Waals surface area contributed by atoms with Gasteiger partial charge in [-0.05, 0) is 50.3 Å². The van der Waals surface area contributed by atoms with Crippen molar-refractivity contribution >= 4 is 23.4 Å². The van der Waals surface area contributed by atoms with Crippen LogP contribution in [-0.4, -0.2) is 64.7 Å². The van der Waals surface area contributed by atoms with Crippen molar-refractivity contribution in [2.45, 2.75) is 56.5 Å². The number of rotatable bonds is 9. The topological polar surface area (TPSA) is 63.5 Å². The molecule has 2 fully saturated rings. The van der Waals surface area contributed by atoms with E-state index in [0.717, 1.165) is 41.7 Å². The lowest BCUT2D eigenvalue weighted by Gasteiger charge is -2.26. The van der Waals surface area contributed by atoms with Gasteiger partial charge >= 0.3 is 0 Å². The minimum absolute atomic E-state index is 0.121. The summed E-state index contributed by atoms with van der Waals surface area (Å²) in [4.78, 5) is 17.2. The Morgan fingerprint density at radius 1 is 1.20 bits per heavy atom. The summed E-state index contributed by atoms with van der Waals surface area (Å²) in [6.45, 7) is 4.02. The van der Waals surface area contributed by atoms with Gasteiger partial charge in [0.25, 0.3) is 0 Å². The van der Waals surface area contributed by atoms with E-state index >= 15 is 0 Å². The molecule has 2 aromatic rings. The molecule has 1 amide bonds. The maximum absolute atomic E-state index is 13.2. The van der Waals surface area contributed by atoms with Crippen LogP contribution in [-0.2, 0) is 16.1 Å². The molecule has 2 heterocycles. The van der Waals surface area contributed by atoms with E-state index in [1.807, 2.05) is 25.9 Å². The number of nitrogens with zero attached hydrogens (tertiary/aromatic N) is 5. The van der Waals surface area contributed by atoms with Crippen molar-refractivity contribution in [2.24, 2.45) is 0 Å². The minimum atomic E-state index is 0.121. The van der Waals surface area contributed by atoms with E-state index < -0.39 is 0 Å². The Bertz CT molecular complexity index is 857. The molecule has 0 spiro atoms. The lowest BCUT2D eigenvalue weighted by molar-refractivity contribution is -0.130. The maximum Gasteiger partial charge on any atom is 0.233 e. The molecular formula is C22H31N5O2S. The molecule has 30 heavy (non-hydrogen) atoms. The molecule has 1 aliphatic heterocycles. The Labute approximate surface area is 182 Å². The first-order valence-electron chi connectivity index (χ1n) is 10.7. The number of carbonyl (C=O) groups is 1. The average Bonchev–Trinajstić information content (AvgIpc) is 3.30. The third kappa shape index (κ3) is 5.16. The molecule has 0 radical (unpaired) electrons. The maximum atomic E-state index is 13.2. The zero-order valence-corrected chi connectivity index (χ0v) is 18.9. The van der Waals surface area contributed by atoms with Crippen molar-refractivity contribution in [3.05, 3.63) is 35.7 Å². The number of ether oxygens (including phenoxy) is 1. The van der Waals surface area contributed by atoms with Crippen LogP contribution in [0.1, 0.15) is 43.1 Å². The third-order valence-electron chi connectivity index (χ3n) is 5.70. The zero-order valence-electron chi connectivity index (χ0n) is 18.1. The second-order valence-electron chi connectivity index (χ2n) is 8.39. The van der Waals surface area contributed by atoms with E-state index in [-0.39, 0.29) is 12.0 Å². The van der Waals surface area contributed by atoms with Gasteiger partial charge in [0.1, 0.15) is 5.82 Å². The standard InChI is InChI=1S/C22H31N5O2S/c1-16-23-24-22(27(16)19-10-11-19)30-15-21(28)26(14-20-5-4-12-29-20)13-17-6-8-18(9-7-17)25(2)3/h6-9,19-20H,4-5,10-15H2,1-3H3/t20-/m1/s1. The van der Waals surface area contributed by atoms with Gasteiger partial charge in [-0.15, -0.1) is 10.2 Å². The predicted molar refractivity (Wildman–Crippen MR) is 119 cm³/mol. The Hall–Kier alpha value is -2.06. The first-order chi connectivity index (χ1) is 14.5. The summed E-state index contributed by atoms with van der Waals surface area (Å²) in [7, 11) is 4.06. The van der Waals surface area contributed by atoms with Gasteiger partial charge in [-0.25, -0.2) is 0 Å². The molecule has 1 saturated heterocycles. The molecular weight excluding hydrogens is 398 g/mol. The van der Waals surface area contributed by atoms with Gasteiger partial charge in [0.2, 0.25) is 5.91 Å². The Balaban J connectivity index is 1.42. The quantitative estimate of drug-likeness (QED) is 0.570. The fourth-order valence-electron chi connectivity index (χ4n) is 3.83. The number of aromatic nitrogens is 3. The highest BCUT2D eigenvalue weighted by atomic mass is 32.2. The lowest BCUT2D eigenvalue weighted by atomic mass is 10.1. The average molecular weight is 430 g/mol. The van der Waals surface area contributed by atoms with Gasteiger partial charge in [-0.3, -0.25) is 4.79 Å². The molecule has 4 rings (SSSR count). The number of amides is 1. The summed E-state index contributed by atoms with van der Waals surface area (Å²) in [5.41, 5.74) is 2.29. The SMILES string of the molecule is Cc1nnc(SCC(=O)N(Cc2ccc(N(C)C)cc2)C[C@H]2CCCO2)n1C1CC1. The minimum Gasteiger partial charge on any atom is -0.378 e. The van der Waals surface area contributed by atoms with Crippen molar-refractivity contribution in [2.75, 3.05) is 37.9 Å². The van der Waals surface area contributed by atoms with E-state index in [1.54, 1.807) is 0 Å². The summed E-state index contributed by atoms with van der Waals surface area (Å²) in [5, 5.41) is 9.37. The first kappa shape index (κ1) is 21.2. The highest BCUT2D eigenvalue weighted by molar-refractivity contribution is 7.99. The molecule has 162 valence electrons. The summed E-state index contributed by atoms with van der Waals surface area (Å²) >= 11 is 1.50. The van der Waals surface area contributed by atoms with Gasteiger partial charge in [-0.2, -0.15) is 0 Å². The molecule has 0 bridgehead atoms. The van der Waals surface area contributed by atoms with Crippen molar-refractivity contribution < 1.29 is 9.53 Å². The van der Waals surface area contributed by atoms with E-state index in [2.05, 4.69) is 43.9 Å². The summed E-state index contributed by atoms with van der Waals surface area (Å²) in [6, 6.07) is 8.91. The van der Waals surface area contributed by atoms with E-state index in [9.17, 15) is 4.79 Å². The zero-order chi connectivity index (χ0) is 21.1. The molecule has 2 aliphatic rings. The fraction of sp³-hybridized carbons (Fsp3) is 0.591. The number of anilines is 1. The van der Waals surface area contributed by atoms with Crippen molar-refractivity contribution in [3.8, 4) is 0 Å². The number of aryl methyl sites for hydroxylation is 1. The predicted octanol–water partition coefficient (Wildman–Crippen LogP) is 3.29. The van der Waals surface area contributed by atoms with Gasteiger partial charge < -0.3 is 19.1 Å². The fourth-order valence-corrected chi connectivity index (χ4v) is 4.78. The summed E-state index contributed by atoms with van der Waals surface area (Å²) in [5.74, 6) is 1.42. The van der Waals surface area contributed by atoms with Crippen molar-refractivity contribution in [1.82, 2.24) is 19.7 Å². The highest BCUT2D eigenvalue weighted by Gasteiger charge is 2.29. The van der Waals surface area contributed by atoms with Gasteiger partial charge in [-0.1, -0.05) is 23.9 Å². The third-order valence-corrected chi connectivity index (χ3v) is 6.63. The molecule has 0 unspecified atom stereocenters. The number of hydrogen-bond donors (Lipinski definition) is 0. The van der Waals surface area contributed by atoms with Crippen molar-refractivity contribution in [1.29, 1.82) is 0 Å². The molecule has 1 atom stereocenters. The molecule has 0 N–H and O–H groups in total. The molecule has 1 aliphatic carbocycles. The van der Waals surface area contributed by atoms with Crippen LogP contribution in [0.25, 0.3) is 0 Å². The first-order valence-corrected chi connectivity index (χ1v) is 11.7. The Morgan fingerprint density at radius 2 is 1.97 bits per heavy atom. The number of thioether (sulfide) groups is 1. The summed E-state index contributed by atoms with van der Waals surface area (Å²) in [6.07, 6.45) is 4.58. The van der Waals surface area contributed by atoms with Crippen molar-refractivity contribution in [3.63, 3.8) is 0 Å². The monoisotopic (exact) mass is 429 g/mol. The van der Waals surface area contributed by atoms with Crippen LogP contribution in [0.5, 0.6) is 0 Å². The molecule has 1 aromatic heterocycles. The Morgan fingerprint density at radius 3 is 2.60 bits per heavy atom. The second kappa shape index (κ2) is 9.39. The van der Waals surface area contributed by atoms with Crippen LogP contribution in [0.2, 0.25) is 0 Å². The lowest BCUT2D eigenvalue weighted by Crippen LogP contribution is -2.38. The number of benzene rings is 1. The molecule has 7 nitrogen and oxygen atoms in total. The number of carbonyl (C=O) groups excluding carboxylic acids is 1. The van der Waals surface area contributed by atoms with E-state index in [4.69, 9.17) is 4.74 Å². The molecule has 8 heteroatoms. The van der Waals surface area contributed by atoms with Crippen LogP contribution in [0.3, 0.4) is 0 Å². The van der Waals surface area contributed by atoms with Gasteiger partial charge in [0.05, 0.1) is 11.9 Å². The Kier molecular flexibility index (Phi) is 6.63. The number of hydrogen-bond acceptors (Lipinski definition) is 6. The normalized spacial score (nSPS) is 18.6. The molecule has 1 aromatic carbocycles. The smallest absolute Gasteiger partial charge is 0.233 e. The van der Waals surface area contributed by atoms with Crippen LogP contribution < -0.4 is 4.90 Å². The van der Waals surface area contributed by atoms with Gasteiger partial charge in [0.15, 0.2) is 5.16 Å². The van der Waals surface area contributed by atoms with Crippen LogP contribution in [0.4, 0.5) is 5.69 Å². The van der Waals surface area contributed by atoms with E-state index in [0.29, 0.717) is 24.9 Å².